The summed E-state index contributed by atoms with van der Waals surface area (Å²) in [4.78, 5) is 0.189. The van der Waals surface area contributed by atoms with Crippen LogP contribution in [-0.2, 0) is 10.0 Å². The van der Waals surface area contributed by atoms with E-state index in [-0.39, 0.29) is 10.7 Å². The Bertz CT molecular complexity index is 968. The maximum Gasteiger partial charge on any atom is 0.285 e. The van der Waals surface area contributed by atoms with E-state index in [1.807, 2.05) is 0 Å². The first-order chi connectivity index (χ1) is 12.0. The summed E-state index contributed by atoms with van der Waals surface area (Å²) in [6.45, 7) is 0. The highest BCUT2D eigenvalue weighted by Crippen LogP contribution is 2.27. The zero-order valence-corrected chi connectivity index (χ0v) is 14.8. The Hall–Kier alpha value is -2.87. The fourth-order valence-corrected chi connectivity index (χ4v) is 3.68. The third-order valence-corrected chi connectivity index (χ3v) is 5.05. The zero-order chi connectivity index (χ0) is 18.0. The summed E-state index contributed by atoms with van der Waals surface area (Å²) < 4.78 is 38.5. The average molecular weight is 359 g/mol. The van der Waals surface area contributed by atoms with Gasteiger partial charge in [0.25, 0.3) is 10.0 Å². The molecule has 1 aliphatic heterocycles. The van der Waals surface area contributed by atoms with Crippen LogP contribution in [0.2, 0.25) is 0 Å². The molecule has 1 heterocycles. The van der Waals surface area contributed by atoms with E-state index in [9.17, 15) is 8.42 Å². The fourth-order valence-electron chi connectivity index (χ4n) is 2.45. The Morgan fingerprint density at radius 2 is 1.88 bits per heavy atom. The van der Waals surface area contributed by atoms with Crippen molar-refractivity contribution in [2.24, 2.45) is 9.50 Å². The van der Waals surface area contributed by atoms with E-state index in [0.29, 0.717) is 17.1 Å². The van der Waals surface area contributed by atoms with Crippen LogP contribution < -0.4 is 9.47 Å². The van der Waals surface area contributed by atoms with Crippen LogP contribution in [0.15, 0.2) is 56.9 Å². The number of hydrogen-bond donors (Lipinski definition) is 0. The maximum absolute atomic E-state index is 12.1. The summed E-state index contributed by atoms with van der Waals surface area (Å²) in [5, 5.41) is 5.72. The Morgan fingerprint density at radius 3 is 2.60 bits per heavy atom. The molecular formula is C17H17N3O4S. The molecule has 0 fully saturated rings. The highest BCUT2D eigenvalue weighted by molar-refractivity contribution is 7.90. The van der Waals surface area contributed by atoms with Gasteiger partial charge in [-0.05, 0) is 24.3 Å². The third-order valence-electron chi connectivity index (χ3n) is 3.73. The van der Waals surface area contributed by atoms with Gasteiger partial charge in [-0.3, -0.25) is 0 Å². The van der Waals surface area contributed by atoms with Crippen molar-refractivity contribution in [1.82, 2.24) is 5.01 Å². The maximum atomic E-state index is 12.1. The number of nitrogens with zero attached hydrogens (tertiary/aromatic N) is 3. The topological polar surface area (TPSA) is 80.6 Å². The largest absolute Gasteiger partial charge is 0.497 e. The normalized spacial score (nSPS) is 14.9. The molecule has 130 valence electrons. The predicted molar refractivity (Wildman–Crippen MR) is 95.1 cm³/mol. The van der Waals surface area contributed by atoms with Crippen LogP contribution in [0.1, 0.15) is 11.1 Å². The van der Waals surface area contributed by atoms with Crippen LogP contribution >= 0.6 is 0 Å². The quantitative estimate of drug-likeness (QED) is 0.617. The number of hydrogen-bond acceptors (Lipinski definition) is 6. The van der Waals surface area contributed by atoms with Crippen molar-refractivity contribution in [3.05, 3.63) is 53.6 Å². The Kier molecular flexibility index (Phi) is 4.45. The summed E-state index contributed by atoms with van der Waals surface area (Å²) in [6.07, 6.45) is 1.58. The van der Waals surface area contributed by atoms with Crippen molar-refractivity contribution >= 4 is 22.1 Å². The second-order valence-corrected chi connectivity index (χ2v) is 6.83. The second kappa shape index (κ2) is 6.56. The number of rotatable bonds is 4. The summed E-state index contributed by atoms with van der Waals surface area (Å²) in [7, 11) is 1.10. The lowest BCUT2D eigenvalue weighted by molar-refractivity contribution is 0.394. The second-order valence-electron chi connectivity index (χ2n) is 5.26. The number of methoxy groups -OCH3 is 2. The third kappa shape index (κ3) is 3.20. The SMILES string of the molecule is COc1ccc(/C=N/N(C)C2=NS(=O)(=O)c3ccccc32)c(OC)c1. The lowest BCUT2D eigenvalue weighted by Crippen LogP contribution is -2.21. The average Bonchev–Trinajstić information content (AvgIpc) is 2.91. The minimum atomic E-state index is -3.67. The lowest BCUT2D eigenvalue weighted by Gasteiger charge is -2.13. The molecule has 0 aliphatic carbocycles. The molecule has 0 saturated carbocycles. The molecule has 8 heteroatoms. The van der Waals surface area contributed by atoms with Crippen molar-refractivity contribution in [2.45, 2.75) is 4.90 Å². The minimum Gasteiger partial charge on any atom is -0.497 e. The molecule has 0 bridgehead atoms. The van der Waals surface area contributed by atoms with Gasteiger partial charge in [0.15, 0.2) is 5.84 Å². The number of sulfonamides is 1. The van der Waals surface area contributed by atoms with Crippen molar-refractivity contribution < 1.29 is 17.9 Å². The van der Waals surface area contributed by atoms with Crippen LogP contribution in [0.25, 0.3) is 0 Å². The van der Waals surface area contributed by atoms with Crippen molar-refractivity contribution in [3.8, 4) is 11.5 Å². The van der Waals surface area contributed by atoms with Gasteiger partial charge in [0.05, 0.1) is 20.4 Å². The first-order valence-corrected chi connectivity index (χ1v) is 8.84. The van der Waals surface area contributed by atoms with Crippen molar-refractivity contribution in [1.29, 1.82) is 0 Å². The molecule has 1 aliphatic rings. The van der Waals surface area contributed by atoms with E-state index in [2.05, 4.69) is 9.50 Å². The van der Waals surface area contributed by atoms with Crippen molar-refractivity contribution in [3.63, 3.8) is 0 Å². The molecule has 25 heavy (non-hydrogen) atoms. The lowest BCUT2D eigenvalue weighted by atomic mass is 10.2. The van der Waals surface area contributed by atoms with E-state index < -0.39 is 10.0 Å². The zero-order valence-electron chi connectivity index (χ0n) is 14.0. The molecule has 0 radical (unpaired) electrons. The van der Waals surface area contributed by atoms with E-state index >= 15 is 0 Å². The summed E-state index contributed by atoms with van der Waals surface area (Å²) >= 11 is 0. The van der Waals surface area contributed by atoms with Gasteiger partial charge in [0, 0.05) is 24.2 Å². The van der Waals surface area contributed by atoms with Gasteiger partial charge in [0.2, 0.25) is 0 Å². The molecule has 0 aromatic heterocycles. The minimum absolute atomic E-state index is 0.189. The smallest absolute Gasteiger partial charge is 0.285 e. The van der Waals surface area contributed by atoms with Crippen LogP contribution in [0.4, 0.5) is 0 Å². The molecule has 0 unspecified atom stereocenters. The molecule has 0 spiro atoms. The predicted octanol–water partition coefficient (Wildman–Crippen LogP) is 2.12. The molecule has 7 nitrogen and oxygen atoms in total. The van der Waals surface area contributed by atoms with Crippen LogP contribution in [0.3, 0.4) is 0 Å². The van der Waals surface area contributed by atoms with Gasteiger partial charge in [-0.25, -0.2) is 5.01 Å². The van der Waals surface area contributed by atoms with Crippen molar-refractivity contribution in [2.75, 3.05) is 21.3 Å². The van der Waals surface area contributed by atoms with Gasteiger partial charge in [-0.1, -0.05) is 12.1 Å². The molecule has 0 atom stereocenters. The van der Waals surface area contributed by atoms with E-state index in [0.717, 1.165) is 5.56 Å². The molecule has 3 rings (SSSR count). The molecule has 0 amide bonds. The summed E-state index contributed by atoms with van der Waals surface area (Å²) in [6, 6.07) is 12.0. The Labute approximate surface area is 146 Å². The monoisotopic (exact) mass is 359 g/mol. The van der Waals surface area contributed by atoms with Gasteiger partial charge in [-0.15, -0.1) is 4.40 Å². The van der Waals surface area contributed by atoms with E-state index in [1.165, 1.54) is 11.1 Å². The van der Waals surface area contributed by atoms with Gasteiger partial charge in [0.1, 0.15) is 16.4 Å². The molecule has 2 aromatic carbocycles. The first kappa shape index (κ1) is 17.0. The van der Waals surface area contributed by atoms with Gasteiger partial charge < -0.3 is 9.47 Å². The van der Waals surface area contributed by atoms with Crippen LogP contribution in [0.5, 0.6) is 11.5 Å². The number of fused-ring (bicyclic) bond motifs is 1. The van der Waals surface area contributed by atoms with Gasteiger partial charge >= 0.3 is 0 Å². The van der Waals surface area contributed by atoms with Gasteiger partial charge in [-0.2, -0.15) is 13.5 Å². The summed E-state index contributed by atoms with van der Waals surface area (Å²) in [5.74, 6) is 1.54. The molecule has 0 saturated heterocycles. The number of hydrazone groups is 1. The molecular weight excluding hydrogens is 342 g/mol. The number of ether oxygens (including phenoxy) is 2. The number of amidine groups is 1. The Morgan fingerprint density at radius 1 is 1.12 bits per heavy atom. The number of benzene rings is 2. The Balaban J connectivity index is 1.91. The van der Waals surface area contributed by atoms with E-state index in [4.69, 9.17) is 9.47 Å². The van der Waals surface area contributed by atoms with Crippen LogP contribution in [-0.4, -0.2) is 46.7 Å². The first-order valence-electron chi connectivity index (χ1n) is 7.40. The molecule has 2 aromatic rings. The van der Waals surface area contributed by atoms with E-state index in [1.54, 1.807) is 63.9 Å². The fraction of sp³-hybridized carbons (Fsp3) is 0.176. The summed E-state index contributed by atoms with van der Waals surface area (Å²) in [5.41, 5.74) is 1.26. The molecule has 0 N–H and O–H groups in total. The van der Waals surface area contributed by atoms with Crippen LogP contribution in [0, 0.1) is 0 Å². The standard InChI is InChI=1S/C17H17N3O4S/c1-20(17-14-6-4-5-7-16(14)25(21,22)19-17)18-11-12-8-9-13(23-2)10-15(12)24-3/h4-11H,1-3H3/b18-11+. The highest BCUT2D eigenvalue weighted by atomic mass is 32.2. The highest BCUT2D eigenvalue weighted by Gasteiger charge is 2.30.